The van der Waals surface area contributed by atoms with Crippen molar-refractivity contribution in [3.8, 4) is 0 Å². The van der Waals surface area contributed by atoms with Crippen LogP contribution in [0, 0.1) is 5.41 Å². The second-order valence-electron chi connectivity index (χ2n) is 4.12. The van der Waals surface area contributed by atoms with Crippen molar-refractivity contribution in [2.24, 2.45) is 0 Å². The average molecular weight is 199 g/mol. The summed E-state index contributed by atoms with van der Waals surface area (Å²) in [6, 6.07) is 0. The van der Waals surface area contributed by atoms with Crippen LogP contribution in [0.1, 0.15) is 26.2 Å². The first-order chi connectivity index (χ1) is 6.58. The first-order valence-electron chi connectivity index (χ1n) is 5.12. The highest BCUT2D eigenvalue weighted by Crippen LogP contribution is 2.04. The molecule has 14 heavy (non-hydrogen) atoms. The zero-order chi connectivity index (χ0) is 10.6. The number of ether oxygens (including phenoxy) is 1. The third-order valence-corrected chi connectivity index (χ3v) is 2.41. The van der Waals surface area contributed by atoms with Gasteiger partial charge >= 0.3 is 5.97 Å². The molecule has 0 amide bonds. The van der Waals surface area contributed by atoms with Crippen LogP contribution < -0.4 is 4.90 Å². The summed E-state index contributed by atoms with van der Waals surface area (Å²) in [6.07, 6.45) is 2.29. The Kier molecular flexibility index (Phi) is 4.07. The SMILES string of the molecule is CC(=N)CC(=O)O[C@H]1CCC[NH+](C)C1. The Morgan fingerprint density at radius 3 is 2.93 bits per heavy atom. The van der Waals surface area contributed by atoms with Gasteiger partial charge in [0.15, 0.2) is 6.10 Å². The van der Waals surface area contributed by atoms with Gasteiger partial charge in [-0.25, -0.2) is 0 Å². The predicted octanol–water partition coefficient (Wildman–Crippen LogP) is -0.364. The van der Waals surface area contributed by atoms with Crippen LogP contribution in [-0.2, 0) is 9.53 Å². The summed E-state index contributed by atoms with van der Waals surface area (Å²) < 4.78 is 5.27. The van der Waals surface area contributed by atoms with E-state index < -0.39 is 0 Å². The number of rotatable bonds is 3. The first-order valence-corrected chi connectivity index (χ1v) is 5.12. The second kappa shape index (κ2) is 5.10. The summed E-state index contributed by atoms with van der Waals surface area (Å²) >= 11 is 0. The maximum absolute atomic E-state index is 11.3. The van der Waals surface area contributed by atoms with Crippen LogP contribution in [0.2, 0.25) is 0 Å². The lowest BCUT2D eigenvalue weighted by Crippen LogP contribution is -3.11. The molecule has 0 radical (unpaired) electrons. The lowest BCUT2D eigenvalue weighted by atomic mass is 10.1. The number of hydrogen-bond acceptors (Lipinski definition) is 3. The van der Waals surface area contributed by atoms with Gasteiger partial charge in [0.2, 0.25) is 0 Å². The summed E-state index contributed by atoms with van der Waals surface area (Å²) in [6.45, 7) is 3.69. The summed E-state index contributed by atoms with van der Waals surface area (Å²) in [5, 5.41) is 7.18. The van der Waals surface area contributed by atoms with E-state index in [9.17, 15) is 4.79 Å². The number of likely N-dealkylation sites (N-methyl/N-ethyl adjacent to an activating group) is 1. The first kappa shape index (κ1) is 11.2. The number of quaternary nitrogens is 1. The second-order valence-corrected chi connectivity index (χ2v) is 4.12. The lowest BCUT2D eigenvalue weighted by molar-refractivity contribution is -0.888. The summed E-state index contributed by atoms with van der Waals surface area (Å²) in [5.74, 6) is -0.253. The van der Waals surface area contributed by atoms with Crippen LogP contribution in [0.3, 0.4) is 0 Å². The number of hydrogen-bond donors (Lipinski definition) is 2. The Morgan fingerprint density at radius 1 is 1.64 bits per heavy atom. The molecule has 1 saturated heterocycles. The molecule has 0 aliphatic carbocycles. The Balaban J connectivity index is 2.28. The van der Waals surface area contributed by atoms with Gasteiger partial charge in [0, 0.05) is 12.1 Å². The molecule has 1 heterocycles. The molecule has 0 spiro atoms. The number of carbonyl (C=O) groups excluding carboxylic acids is 1. The van der Waals surface area contributed by atoms with Gasteiger partial charge in [0.1, 0.15) is 6.54 Å². The fourth-order valence-electron chi connectivity index (χ4n) is 1.77. The molecule has 0 aromatic heterocycles. The highest BCUT2D eigenvalue weighted by atomic mass is 16.5. The molecule has 2 N–H and O–H groups in total. The molecule has 4 heteroatoms. The molecule has 0 bridgehead atoms. The average Bonchev–Trinajstić information content (AvgIpc) is 2.01. The van der Waals surface area contributed by atoms with E-state index in [4.69, 9.17) is 10.1 Å². The summed E-state index contributed by atoms with van der Waals surface area (Å²) in [4.78, 5) is 12.7. The molecular weight excluding hydrogens is 180 g/mol. The molecule has 1 rings (SSSR count). The number of esters is 1. The maximum atomic E-state index is 11.3. The lowest BCUT2D eigenvalue weighted by Gasteiger charge is -2.26. The van der Waals surface area contributed by atoms with Gasteiger partial charge in [-0.05, 0) is 13.3 Å². The minimum Gasteiger partial charge on any atom is -0.456 e. The molecule has 1 fully saturated rings. The number of nitrogens with one attached hydrogen (secondary N) is 2. The van der Waals surface area contributed by atoms with Gasteiger partial charge in [0.05, 0.1) is 20.0 Å². The Labute approximate surface area is 84.7 Å². The highest BCUT2D eigenvalue weighted by molar-refractivity contribution is 5.95. The van der Waals surface area contributed by atoms with Crippen LogP contribution in [0.15, 0.2) is 0 Å². The predicted molar refractivity (Wildman–Crippen MR) is 53.8 cm³/mol. The Morgan fingerprint density at radius 2 is 2.36 bits per heavy atom. The number of likely N-dealkylation sites (tertiary alicyclic amines) is 1. The normalized spacial score (nSPS) is 27.0. The van der Waals surface area contributed by atoms with Crippen molar-refractivity contribution in [2.75, 3.05) is 20.1 Å². The Bertz CT molecular complexity index is 228. The van der Waals surface area contributed by atoms with E-state index in [2.05, 4.69) is 7.05 Å². The van der Waals surface area contributed by atoms with E-state index in [0.717, 1.165) is 25.9 Å². The van der Waals surface area contributed by atoms with Gasteiger partial charge < -0.3 is 15.0 Å². The van der Waals surface area contributed by atoms with Crippen molar-refractivity contribution >= 4 is 11.7 Å². The van der Waals surface area contributed by atoms with Crippen molar-refractivity contribution in [2.45, 2.75) is 32.3 Å². The van der Waals surface area contributed by atoms with E-state index in [1.807, 2.05) is 0 Å². The molecule has 0 saturated carbocycles. The molecule has 2 atom stereocenters. The fourth-order valence-corrected chi connectivity index (χ4v) is 1.77. The van der Waals surface area contributed by atoms with Crippen LogP contribution >= 0.6 is 0 Å². The zero-order valence-corrected chi connectivity index (χ0v) is 8.93. The van der Waals surface area contributed by atoms with Crippen LogP contribution in [0.4, 0.5) is 0 Å². The minimum absolute atomic E-state index is 0.0654. The summed E-state index contributed by atoms with van der Waals surface area (Å²) in [5.41, 5.74) is 0.367. The van der Waals surface area contributed by atoms with Crippen molar-refractivity contribution in [1.82, 2.24) is 0 Å². The smallest absolute Gasteiger partial charge is 0.311 e. The van der Waals surface area contributed by atoms with Gasteiger partial charge in [-0.2, -0.15) is 0 Å². The molecule has 4 nitrogen and oxygen atoms in total. The third kappa shape index (κ3) is 3.87. The maximum Gasteiger partial charge on any atom is 0.311 e. The van der Waals surface area contributed by atoms with Gasteiger partial charge in [-0.3, -0.25) is 4.79 Å². The van der Waals surface area contributed by atoms with E-state index >= 15 is 0 Å². The molecule has 0 aromatic carbocycles. The topological polar surface area (TPSA) is 54.6 Å². The Hall–Kier alpha value is -0.900. The summed E-state index contributed by atoms with van der Waals surface area (Å²) in [7, 11) is 2.11. The van der Waals surface area contributed by atoms with Gasteiger partial charge in [-0.15, -0.1) is 0 Å². The van der Waals surface area contributed by atoms with E-state index in [1.54, 1.807) is 6.92 Å². The third-order valence-electron chi connectivity index (χ3n) is 2.41. The van der Waals surface area contributed by atoms with Crippen molar-refractivity contribution in [3.05, 3.63) is 0 Å². The standard InChI is InChI=1S/C10H18N2O2/c1-8(11)6-10(13)14-9-4-3-5-12(2)7-9/h9,11H,3-7H2,1-2H3/p+1/t9-/m0/s1. The quantitative estimate of drug-likeness (QED) is 0.481. The van der Waals surface area contributed by atoms with Crippen molar-refractivity contribution in [1.29, 1.82) is 5.41 Å². The van der Waals surface area contributed by atoms with E-state index in [-0.39, 0.29) is 18.5 Å². The number of carbonyl (C=O) groups is 1. The minimum atomic E-state index is -0.253. The van der Waals surface area contributed by atoms with Crippen LogP contribution in [0.25, 0.3) is 0 Å². The molecule has 80 valence electrons. The van der Waals surface area contributed by atoms with Gasteiger partial charge in [-0.1, -0.05) is 0 Å². The van der Waals surface area contributed by atoms with E-state index in [0.29, 0.717) is 5.71 Å². The van der Waals surface area contributed by atoms with Crippen LogP contribution in [-0.4, -0.2) is 37.9 Å². The zero-order valence-electron chi connectivity index (χ0n) is 8.93. The molecule has 1 unspecified atom stereocenters. The molecule has 1 aliphatic heterocycles. The number of piperidine rings is 1. The molecular formula is C10H19N2O2+. The van der Waals surface area contributed by atoms with Crippen LogP contribution in [0.5, 0.6) is 0 Å². The van der Waals surface area contributed by atoms with Crippen molar-refractivity contribution < 1.29 is 14.4 Å². The molecule has 1 aliphatic rings. The highest BCUT2D eigenvalue weighted by Gasteiger charge is 2.23. The van der Waals surface area contributed by atoms with E-state index in [1.165, 1.54) is 4.90 Å². The largest absolute Gasteiger partial charge is 0.456 e. The van der Waals surface area contributed by atoms with Gasteiger partial charge in [0.25, 0.3) is 0 Å². The van der Waals surface area contributed by atoms with Crippen molar-refractivity contribution in [3.63, 3.8) is 0 Å². The monoisotopic (exact) mass is 199 g/mol. The fraction of sp³-hybridized carbons (Fsp3) is 0.800. The molecule has 0 aromatic rings.